The quantitative estimate of drug-likeness (QED) is 0.464. The molecule has 110 valence electrons. The van der Waals surface area contributed by atoms with E-state index in [0.717, 1.165) is 13.0 Å². The highest BCUT2D eigenvalue weighted by molar-refractivity contribution is 4.95. The molecule has 0 saturated carbocycles. The van der Waals surface area contributed by atoms with Gasteiger partial charge in [0.2, 0.25) is 0 Å². The molecule has 0 saturated heterocycles. The normalized spacial score (nSPS) is 11.1. The van der Waals surface area contributed by atoms with Gasteiger partial charge in [-0.15, -0.1) is 0 Å². The molecule has 0 fully saturated rings. The van der Waals surface area contributed by atoms with Gasteiger partial charge in [-0.2, -0.15) is 0 Å². The van der Waals surface area contributed by atoms with Gasteiger partial charge in [0, 0.05) is 12.7 Å². The Morgan fingerprint density at radius 2 is 1.42 bits per heavy atom. The van der Waals surface area contributed by atoms with Crippen LogP contribution in [-0.2, 0) is 13.0 Å². The van der Waals surface area contributed by atoms with Crippen LogP contribution in [0.2, 0.25) is 0 Å². The van der Waals surface area contributed by atoms with Gasteiger partial charge < -0.3 is 4.57 Å². The average Bonchev–Trinajstić information content (AvgIpc) is 2.89. The molecule has 0 N–H and O–H groups in total. The molecule has 1 aromatic heterocycles. The summed E-state index contributed by atoms with van der Waals surface area (Å²) in [6, 6.07) is 0. The van der Waals surface area contributed by atoms with E-state index >= 15 is 0 Å². The summed E-state index contributed by atoms with van der Waals surface area (Å²) >= 11 is 0. The second-order valence-electron chi connectivity index (χ2n) is 5.64. The summed E-state index contributed by atoms with van der Waals surface area (Å²) in [4.78, 5) is 4.36. The topological polar surface area (TPSA) is 17.8 Å². The van der Waals surface area contributed by atoms with Crippen LogP contribution in [0.3, 0.4) is 0 Å². The number of hydrogen-bond donors (Lipinski definition) is 0. The highest BCUT2D eigenvalue weighted by Gasteiger charge is 1.96. The van der Waals surface area contributed by atoms with Crippen molar-refractivity contribution >= 4 is 0 Å². The van der Waals surface area contributed by atoms with E-state index in [4.69, 9.17) is 0 Å². The van der Waals surface area contributed by atoms with Gasteiger partial charge in [0.25, 0.3) is 0 Å². The summed E-state index contributed by atoms with van der Waals surface area (Å²) in [6.07, 6.45) is 19.3. The van der Waals surface area contributed by atoms with Crippen molar-refractivity contribution in [2.24, 2.45) is 0 Å². The molecular formula is C17H32N2. The van der Waals surface area contributed by atoms with E-state index in [1.165, 1.54) is 69.9 Å². The number of hydrogen-bond acceptors (Lipinski definition) is 1. The molecule has 0 bridgehead atoms. The van der Waals surface area contributed by atoms with Crippen LogP contribution in [0, 0.1) is 0 Å². The monoisotopic (exact) mass is 264 g/mol. The Labute approximate surface area is 119 Å². The number of imidazole rings is 1. The molecule has 19 heavy (non-hydrogen) atoms. The number of aryl methyl sites for hydroxylation is 2. The lowest BCUT2D eigenvalue weighted by Crippen LogP contribution is -1.94. The SMILES string of the molecule is CCCCCCCCCCCCn1cnc(CC)c1. The molecule has 2 nitrogen and oxygen atoms in total. The Morgan fingerprint density at radius 3 is 1.95 bits per heavy atom. The minimum atomic E-state index is 1.05. The van der Waals surface area contributed by atoms with Crippen LogP contribution in [0.15, 0.2) is 12.5 Å². The molecule has 0 aliphatic heterocycles. The first kappa shape index (κ1) is 16.3. The number of nitrogens with zero attached hydrogens (tertiary/aromatic N) is 2. The molecule has 1 rings (SSSR count). The summed E-state index contributed by atoms with van der Waals surface area (Å²) < 4.78 is 2.24. The Morgan fingerprint density at radius 1 is 0.842 bits per heavy atom. The second kappa shape index (κ2) is 11.1. The van der Waals surface area contributed by atoms with Gasteiger partial charge >= 0.3 is 0 Å². The van der Waals surface area contributed by atoms with Gasteiger partial charge in [-0.1, -0.05) is 71.6 Å². The molecule has 0 aliphatic carbocycles. The second-order valence-corrected chi connectivity index (χ2v) is 5.64. The standard InChI is InChI=1S/C17H32N2/c1-3-5-6-7-8-9-10-11-12-13-14-19-15-17(4-2)18-16-19/h15-16H,3-14H2,1-2H3. The van der Waals surface area contributed by atoms with E-state index in [-0.39, 0.29) is 0 Å². The highest BCUT2D eigenvalue weighted by Crippen LogP contribution is 2.11. The van der Waals surface area contributed by atoms with Crippen LogP contribution in [0.5, 0.6) is 0 Å². The van der Waals surface area contributed by atoms with Gasteiger partial charge in [0.1, 0.15) is 0 Å². The zero-order chi connectivity index (χ0) is 13.8. The first-order chi connectivity index (χ1) is 9.36. The summed E-state index contributed by atoms with van der Waals surface area (Å²) in [5.74, 6) is 0. The largest absolute Gasteiger partial charge is 0.337 e. The molecular weight excluding hydrogens is 232 g/mol. The maximum atomic E-state index is 4.36. The lowest BCUT2D eigenvalue weighted by molar-refractivity contribution is 0.534. The molecule has 0 unspecified atom stereocenters. The zero-order valence-electron chi connectivity index (χ0n) is 13.0. The number of aromatic nitrogens is 2. The van der Waals surface area contributed by atoms with Crippen molar-refractivity contribution in [3.05, 3.63) is 18.2 Å². The van der Waals surface area contributed by atoms with E-state index < -0.39 is 0 Å². The molecule has 2 heteroatoms. The van der Waals surface area contributed by atoms with Crippen LogP contribution < -0.4 is 0 Å². The van der Waals surface area contributed by atoms with Crippen molar-refractivity contribution in [2.75, 3.05) is 0 Å². The summed E-state index contributed by atoms with van der Waals surface area (Å²) in [5.41, 5.74) is 1.21. The first-order valence-electron chi connectivity index (χ1n) is 8.37. The Balaban J connectivity index is 1.86. The summed E-state index contributed by atoms with van der Waals surface area (Å²) in [7, 11) is 0. The van der Waals surface area contributed by atoms with Crippen molar-refractivity contribution in [1.82, 2.24) is 9.55 Å². The lowest BCUT2D eigenvalue weighted by atomic mass is 10.1. The predicted molar refractivity (Wildman–Crippen MR) is 83.4 cm³/mol. The fourth-order valence-corrected chi connectivity index (χ4v) is 2.49. The number of rotatable bonds is 12. The third-order valence-corrected chi connectivity index (χ3v) is 3.82. The fraction of sp³-hybridized carbons (Fsp3) is 0.824. The van der Waals surface area contributed by atoms with Gasteiger partial charge in [0.05, 0.1) is 12.0 Å². The zero-order valence-corrected chi connectivity index (χ0v) is 13.0. The van der Waals surface area contributed by atoms with Crippen LogP contribution in [0.25, 0.3) is 0 Å². The molecule has 0 atom stereocenters. The van der Waals surface area contributed by atoms with Crippen molar-refractivity contribution in [3.8, 4) is 0 Å². The van der Waals surface area contributed by atoms with Crippen LogP contribution in [-0.4, -0.2) is 9.55 Å². The van der Waals surface area contributed by atoms with Gasteiger partial charge in [-0.3, -0.25) is 0 Å². The lowest BCUT2D eigenvalue weighted by Gasteiger charge is -2.03. The van der Waals surface area contributed by atoms with E-state index in [2.05, 4.69) is 29.6 Å². The maximum absolute atomic E-state index is 4.36. The molecule has 1 heterocycles. The van der Waals surface area contributed by atoms with E-state index in [1.54, 1.807) is 0 Å². The third kappa shape index (κ3) is 8.07. The summed E-state index contributed by atoms with van der Waals surface area (Å²) in [5, 5.41) is 0. The van der Waals surface area contributed by atoms with E-state index in [0.29, 0.717) is 0 Å². The minimum absolute atomic E-state index is 1.05. The smallest absolute Gasteiger partial charge is 0.0949 e. The molecule has 1 aromatic rings. The molecule has 0 spiro atoms. The Bertz CT molecular complexity index is 304. The van der Waals surface area contributed by atoms with Crippen molar-refractivity contribution in [1.29, 1.82) is 0 Å². The van der Waals surface area contributed by atoms with Gasteiger partial charge in [-0.05, 0) is 12.8 Å². The Kier molecular flexibility index (Phi) is 9.48. The first-order valence-corrected chi connectivity index (χ1v) is 8.37. The fourth-order valence-electron chi connectivity index (χ4n) is 2.49. The summed E-state index contributed by atoms with van der Waals surface area (Å²) in [6.45, 7) is 5.58. The number of unbranched alkanes of at least 4 members (excludes halogenated alkanes) is 9. The molecule has 0 aromatic carbocycles. The van der Waals surface area contributed by atoms with Gasteiger partial charge in [0.15, 0.2) is 0 Å². The minimum Gasteiger partial charge on any atom is -0.337 e. The van der Waals surface area contributed by atoms with E-state index in [9.17, 15) is 0 Å². The van der Waals surface area contributed by atoms with Crippen molar-refractivity contribution in [3.63, 3.8) is 0 Å². The van der Waals surface area contributed by atoms with E-state index in [1.807, 2.05) is 6.33 Å². The van der Waals surface area contributed by atoms with Crippen LogP contribution in [0.1, 0.15) is 83.7 Å². The molecule has 0 amide bonds. The maximum Gasteiger partial charge on any atom is 0.0949 e. The van der Waals surface area contributed by atoms with Crippen LogP contribution >= 0.6 is 0 Å². The van der Waals surface area contributed by atoms with Gasteiger partial charge in [-0.25, -0.2) is 4.98 Å². The van der Waals surface area contributed by atoms with Crippen LogP contribution in [0.4, 0.5) is 0 Å². The predicted octanol–water partition coefficient (Wildman–Crippen LogP) is 5.37. The third-order valence-electron chi connectivity index (χ3n) is 3.82. The molecule has 0 aliphatic rings. The highest BCUT2D eigenvalue weighted by atomic mass is 15.0. The van der Waals surface area contributed by atoms with Crippen molar-refractivity contribution < 1.29 is 0 Å². The Hall–Kier alpha value is -0.790. The average molecular weight is 264 g/mol. The molecule has 0 radical (unpaired) electrons. The van der Waals surface area contributed by atoms with Crippen molar-refractivity contribution in [2.45, 2.75) is 91.0 Å².